The van der Waals surface area contributed by atoms with Crippen molar-refractivity contribution in [2.75, 3.05) is 19.7 Å². The molecule has 2 N–H and O–H groups in total. The van der Waals surface area contributed by atoms with Crippen molar-refractivity contribution in [2.24, 2.45) is 11.8 Å². The molecule has 36 heavy (non-hydrogen) atoms. The van der Waals surface area contributed by atoms with Gasteiger partial charge in [0.05, 0.1) is 0 Å². The largest absolute Gasteiger partial charge is 0.508 e. The highest BCUT2D eigenvalue weighted by molar-refractivity contribution is 5.95. The van der Waals surface area contributed by atoms with Gasteiger partial charge >= 0.3 is 0 Å². The van der Waals surface area contributed by atoms with Crippen molar-refractivity contribution in [3.05, 3.63) is 89.7 Å². The van der Waals surface area contributed by atoms with Gasteiger partial charge in [-0.25, -0.2) is 0 Å². The van der Waals surface area contributed by atoms with Crippen LogP contribution >= 0.6 is 0 Å². The van der Waals surface area contributed by atoms with E-state index in [0.717, 1.165) is 52.8 Å². The second-order valence-corrected chi connectivity index (χ2v) is 10.2. The highest BCUT2D eigenvalue weighted by Crippen LogP contribution is 2.44. The van der Waals surface area contributed by atoms with Crippen molar-refractivity contribution in [2.45, 2.75) is 39.3 Å². The molecule has 0 amide bonds. The maximum atomic E-state index is 10.2. The van der Waals surface area contributed by atoms with Gasteiger partial charge in [-0.15, -0.1) is 0 Å². The molecule has 1 fully saturated rings. The lowest BCUT2D eigenvalue weighted by atomic mass is 9.83. The van der Waals surface area contributed by atoms with Crippen molar-refractivity contribution < 1.29 is 19.7 Å². The topological polar surface area (TPSA) is 62.2 Å². The van der Waals surface area contributed by atoms with Gasteiger partial charge in [-0.3, -0.25) is 4.90 Å². The van der Waals surface area contributed by atoms with E-state index in [1.54, 1.807) is 24.3 Å². The predicted octanol–water partition coefficient (Wildman–Crippen LogP) is 6.16. The van der Waals surface area contributed by atoms with Crippen LogP contribution in [0.2, 0.25) is 0 Å². The Hall–Kier alpha value is -3.44. The van der Waals surface area contributed by atoms with E-state index in [1.165, 1.54) is 6.42 Å². The SMILES string of the molecule is CC1=C(c2cccc(O)c2)C(C2C=CC=C(OCC(C)N3CCC(C)C3)C=C2)Oc2ccc(O)cc21. The highest BCUT2D eigenvalue weighted by atomic mass is 16.5. The zero-order valence-electron chi connectivity index (χ0n) is 21.2. The van der Waals surface area contributed by atoms with Gasteiger partial charge in [0.2, 0.25) is 0 Å². The number of likely N-dealkylation sites (tertiary alicyclic amines) is 1. The molecule has 2 aromatic carbocycles. The smallest absolute Gasteiger partial charge is 0.134 e. The highest BCUT2D eigenvalue weighted by Gasteiger charge is 2.32. The fourth-order valence-electron chi connectivity index (χ4n) is 5.39. The van der Waals surface area contributed by atoms with Gasteiger partial charge in [-0.1, -0.05) is 37.3 Å². The number of hydrogen-bond donors (Lipinski definition) is 2. The summed E-state index contributed by atoms with van der Waals surface area (Å²) >= 11 is 0. The molecular weight excluding hydrogens is 450 g/mol. The number of phenols is 2. The Morgan fingerprint density at radius 2 is 1.94 bits per heavy atom. The summed E-state index contributed by atoms with van der Waals surface area (Å²) in [5.74, 6) is 2.70. The summed E-state index contributed by atoms with van der Waals surface area (Å²) in [6, 6.07) is 12.8. The first-order chi connectivity index (χ1) is 17.4. The van der Waals surface area contributed by atoms with E-state index in [4.69, 9.17) is 9.47 Å². The first-order valence-electron chi connectivity index (χ1n) is 12.8. The Morgan fingerprint density at radius 3 is 2.72 bits per heavy atom. The predicted molar refractivity (Wildman–Crippen MR) is 144 cm³/mol. The second kappa shape index (κ2) is 10.3. The molecule has 1 saturated heterocycles. The molecule has 2 heterocycles. The van der Waals surface area contributed by atoms with E-state index < -0.39 is 0 Å². The van der Waals surface area contributed by atoms with E-state index in [1.807, 2.05) is 43.4 Å². The number of ether oxygens (including phenoxy) is 2. The molecule has 188 valence electrons. The van der Waals surface area contributed by atoms with Gasteiger partial charge < -0.3 is 19.7 Å². The first kappa shape index (κ1) is 24.3. The molecule has 4 unspecified atom stereocenters. The second-order valence-electron chi connectivity index (χ2n) is 10.2. The van der Waals surface area contributed by atoms with Gasteiger partial charge in [0.1, 0.15) is 35.7 Å². The van der Waals surface area contributed by atoms with E-state index in [9.17, 15) is 10.2 Å². The van der Waals surface area contributed by atoms with Gasteiger partial charge in [-0.05, 0) is 86.4 Å². The Labute approximate surface area is 213 Å². The van der Waals surface area contributed by atoms with Gasteiger partial charge in [0, 0.05) is 29.6 Å². The average molecular weight is 486 g/mol. The Balaban J connectivity index is 1.38. The molecule has 0 radical (unpaired) electrons. The molecular formula is C31H35NO4. The van der Waals surface area contributed by atoms with Gasteiger partial charge in [-0.2, -0.15) is 0 Å². The van der Waals surface area contributed by atoms with Crippen LogP contribution in [-0.4, -0.2) is 47.0 Å². The van der Waals surface area contributed by atoms with Crippen LogP contribution in [0.5, 0.6) is 17.2 Å². The third kappa shape index (κ3) is 5.07. The number of rotatable bonds is 6. The summed E-state index contributed by atoms with van der Waals surface area (Å²) in [6.45, 7) is 9.53. The van der Waals surface area contributed by atoms with Crippen LogP contribution in [-0.2, 0) is 4.74 Å². The number of nitrogens with zero attached hydrogens (tertiary/aromatic N) is 1. The minimum Gasteiger partial charge on any atom is -0.508 e. The van der Waals surface area contributed by atoms with Crippen molar-refractivity contribution in [1.82, 2.24) is 4.90 Å². The van der Waals surface area contributed by atoms with E-state index in [2.05, 4.69) is 30.9 Å². The molecule has 0 spiro atoms. The Kier molecular flexibility index (Phi) is 6.92. The van der Waals surface area contributed by atoms with Crippen LogP contribution in [0.15, 0.2) is 78.6 Å². The zero-order chi connectivity index (χ0) is 25.2. The van der Waals surface area contributed by atoms with Crippen LogP contribution in [0, 0.1) is 11.8 Å². The molecule has 2 aromatic rings. The molecule has 5 nitrogen and oxygen atoms in total. The summed E-state index contributed by atoms with van der Waals surface area (Å²) in [6.07, 6.45) is 11.3. The maximum absolute atomic E-state index is 10.2. The summed E-state index contributed by atoms with van der Waals surface area (Å²) < 4.78 is 12.7. The number of phenolic OH excluding ortho intramolecular Hbond substituents is 2. The van der Waals surface area contributed by atoms with Crippen molar-refractivity contribution in [3.8, 4) is 17.2 Å². The number of aromatic hydroxyl groups is 2. The molecule has 3 aliphatic rings. The molecule has 5 rings (SSSR count). The van der Waals surface area contributed by atoms with E-state index in [-0.39, 0.29) is 23.5 Å². The van der Waals surface area contributed by atoms with Crippen LogP contribution in [0.3, 0.4) is 0 Å². The molecule has 0 aromatic heterocycles. The average Bonchev–Trinajstić information content (AvgIpc) is 3.16. The lowest BCUT2D eigenvalue weighted by Crippen LogP contribution is -2.34. The first-order valence-corrected chi connectivity index (χ1v) is 12.8. The summed E-state index contributed by atoms with van der Waals surface area (Å²) in [7, 11) is 0. The molecule has 5 heteroatoms. The van der Waals surface area contributed by atoms with Crippen molar-refractivity contribution in [3.63, 3.8) is 0 Å². The number of fused-ring (bicyclic) bond motifs is 1. The number of benzene rings is 2. The minimum atomic E-state index is -0.297. The van der Waals surface area contributed by atoms with E-state index in [0.29, 0.717) is 12.6 Å². The summed E-state index contributed by atoms with van der Waals surface area (Å²) in [4.78, 5) is 2.50. The molecule has 0 bridgehead atoms. The monoisotopic (exact) mass is 485 g/mol. The van der Waals surface area contributed by atoms with Gasteiger partial charge in [0.25, 0.3) is 0 Å². The summed E-state index contributed by atoms with van der Waals surface area (Å²) in [5, 5.41) is 20.3. The third-order valence-electron chi connectivity index (χ3n) is 7.46. The lowest BCUT2D eigenvalue weighted by molar-refractivity contribution is 0.127. The summed E-state index contributed by atoms with van der Waals surface area (Å²) in [5.41, 5.74) is 3.77. The Morgan fingerprint density at radius 1 is 1.11 bits per heavy atom. The van der Waals surface area contributed by atoms with Crippen LogP contribution in [0.4, 0.5) is 0 Å². The van der Waals surface area contributed by atoms with Crippen LogP contribution in [0.1, 0.15) is 38.3 Å². The maximum Gasteiger partial charge on any atom is 0.134 e. The van der Waals surface area contributed by atoms with Crippen LogP contribution in [0.25, 0.3) is 11.1 Å². The quantitative estimate of drug-likeness (QED) is 0.513. The number of hydrogen-bond acceptors (Lipinski definition) is 5. The lowest BCUT2D eigenvalue weighted by Gasteiger charge is -2.33. The van der Waals surface area contributed by atoms with Gasteiger partial charge in [0.15, 0.2) is 0 Å². The molecule has 2 aliphatic heterocycles. The fraction of sp³-hybridized carbons (Fsp3) is 0.355. The number of allylic oxidation sites excluding steroid dienone is 4. The molecule has 0 saturated carbocycles. The van der Waals surface area contributed by atoms with E-state index >= 15 is 0 Å². The Bertz CT molecular complexity index is 1240. The standard InChI is InChI=1S/C31H35NO4/c1-20-14-15-32(18-20)21(2)19-35-27-9-5-6-23(10-12-27)31-30(24-7-4-8-25(33)16-24)22(3)28-17-26(34)11-13-29(28)36-31/h4-13,16-17,20-21,23,31,33-34H,14-15,18-19H2,1-3H3. The van der Waals surface area contributed by atoms with Crippen molar-refractivity contribution >= 4 is 11.1 Å². The van der Waals surface area contributed by atoms with Crippen molar-refractivity contribution in [1.29, 1.82) is 0 Å². The third-order valence-corrected chi connectivity index (χ3v) is 7.46. The fourth-order valence-corrected chi connectivity index (χ4v) is 5.39. The van der Waals surface area contributed by atoms with Crippen LogP contribution < -0.4 is 4.74 Å². The zero-order valence-corrected chi connectivity index (χ0v) is 21.2. The molecule has 1 aliphatic carbocycles. The minimum absolute atomic E-state index is 0.0477. The molecule has 4 atom stereocenters. The normalized spacial score (nSPS) is 24.6.